The number of para-hydroxylation sites is 2. The number of nitriles is 1. The van der Waals surface area contributed by atoms with E-state index in [0.29, 0.717) is 22.6 Å². The Morgan fingerprint density at radius 1 is 1.14 bits per heavy atom. The molecule has 0 atom stereocenters. The van der Waals surface area contributed by atoms with Crippen molar-refractivity contribution in [1.82, 2.24) is 0 Å². The van der Waals surface area contributed by atoms with Crippen LogP contribution in [0.4, 0.5) is 5.69 Å². The molecule has 0 aromatic heterocycles. The van der Waals surface area contributed by atoms with E-state index in [1.165, 1.54) is 7.11 Å². The normalized spacial score (nSPS) is 10.7. The van der Waals surface area contributed by atoms with E-state index in [1.807, 2.05) is 6.07 Å². The molecule has 1 N–H and O–H groups in total. The van der Waals surface area contributed by atoms with Crippen LogP contribution in [0.1, 0.15) is 11.1 Å². The summed E-state index contributed by atoms with van der Waals surface area (Å²) in [5, 5.41) is 9.00. The lowest BCUT2D eigenvalue weighted by atomic mass is 10.1. The Morgan fingerprint density at radius 2 is 1.81 bits per heavy atom. The van der Waals surface area contributed by atoms with Crippen LogP contribution in [-0.4, -0.2) is 15.5 Å². The summed E-state index contributed by atoms with van der Waals surface area (Å²) in [4.78, 5) is 0. The fraction of sp³-hybridized carbons (Fsp3) is 0.133. The number of benzene rings is 2. The smallest absolute Gasteiger partial charge is 0.237 e. The number of rotatable bonds is 5. The van der Waals surface area contributed by atoms with Gasteiger partial charge in [0.05, 0.1) is 30.2 Å². The van der Waals surface area contributed by atoms with Crippen LogP contribution < -0.4 is 9.46 Å². The molecular formula is C15H14N2O3S. The number of nitrogens with one attached hydrogen (secondary N) is 1. The molecule has 0 spiro atoms. The Morgan fingerprint density at radius 3 is 2.52 bits per heavy atom. The molecule has 0 unspecified atom stereocenters. The number of ether oxygens (including phenoxy) is 1. The van der Waals surface area contributed by atoms with Gasteiger partial charge in [-0.05, 0) is 23.8 Å². The minimum Gasteiger partial charge on any atom is -0.495 e. The molecule has 5 nitrogen and oxygen atoms in total. The first-order valence-electron chi connectivity index (χ1n) is 6.17. The number of hydrogen-bond donors (Lipinski definition) is 1. The molecule has 0 aliphatic heterocycles. The molecule has 0 amide bonds. The van der Waals surface area contributed by atoms with Gasteiger partial charge in [-0.25, -0.2) is 8.42 Å². The van der Waals surface area contributed by atoms with Crippen molar-refractivity contribution < 1.29 is 13.2 Å². The first-order valence-corrected chi connectivity index (χ1v) is 7.82. The maximum atomic E-state index is 12.2. The highest BCUT2D eigenvalue weighted by Crippen LogP contribution is 2.25. The van der Waals surface area contributed by atoms with Crippen LogP contribution >= 0.6 is 0 Å². The monoisotopic (exact) mass is 302 g/mol. The van der Waals surface area contributed by atoms with Gasteiger partial charge in [0.2, 0.25) is 10.0 Å². The van der Waals surface area contributed by atoms with Gasteiger partial charge in [-0.1, -0.05) is 30.3 Å². The van der Waals surface area contributed by atoms with Gasteiger partial charge >= 0.3 is 0 Å². The van der Waals surface area contributed by atoms with Crippen LogP contribution in [0.2, 0.25) is 0 Å². The van der Waals surface area contributed by atoms with Crippen molar-refractivity contribution in [3.63, 3.8) is 0 Å². The molecule has 2 aromatic rings. The van der Waals surface area contributed by atoms with E-state index in [9.17, 15) is 8.42 Å². The lowest BCUT2D eigenvalue weighted by Gasteiger charge is -2.12. The summed E-state index contributed by atoms with van der Waals surface area (Å²) in [7, 11) is -2.16. The summed E-state index contributed by atoms with van der Waals surface area (Å²) in [6, 6.07) is 15.4. The summed E-state index contributed by atoms with van der Waals surface area (Å²) >= 11 is 0. The zero-order valence-electron chi connectivity index (χ0n) is 11.4. The lowest BCUT2D eigenvalue weighted by molar-refractivity contribution is 0.417. The molecule has 0 bridgehead atoms. The van der Waals surface area contributed by atoms with Crippen molar-refractivity contribution in [2.75, 3.05) is 11.8 Å². The van der Waals surface area contributed by atoms with E-state index >= 15 is 0 Å². The fourth-order valence-electron chi connectivity index (χ4n) is 1.89. The highest BCUT2D eigenvalue weighted by atomic mass is 32.2. The fourth-order valence-corrected chi connectivity index (χ4v) is 3.13. The molecule has 108 valence electrons. The second kappa shape index (κ2) is 6.29. The molecule has 0 saturated heterocycles. The predicted molar refractivity (Wildman–Crippen MR) is 80.4 cm³/mol. The summed E-state index contributed by atoms with van der Waals surface area (Å²) in [5.74, 6) is 0.170. The number of sulfonamides is 1. The molecule has 2 rings (SSSR count). The van der Waals surface area contributed by atoms with E-state index in [-0.39, 0.29) is 5.75 Å². The molecular weight excluding hydrogens is 288 g/mol. The van der Waals surface area contributed by atoms with Gasteiger partial charge in [-0.2, -0.15) is 5.26 Å². The second-order valence-electron chi connectivity index (χ2n) is 4.33. The average molecular weight is 302 g/mol. The maximum absolute atomic E-state index is 12.2. The second-order valence-corrected chi connectivity index (χ2v) is 6.05. The summed E-state index contributed by atoms with van der Waals surface area (Å²) in [5.41, 5.74) is 1.18. The number of hydrogen-bond acceptors (Lipinski definition) is 4. The van der Waals surface area contributed by atoms with Crippen molar-refractivity contribution in [3.05, 3.63) is 59.7 Å². The van der Waals surface area contributed by atoms with Crippen molar-refractivity contribution in [2.24, 2.45) is 0 Å². The van der Waals surface area contributed by atoms with Crippen LogP contribution in [0.5, 0.6) is 5.75 Å². The summed E-state index contributed by atoms with van der Waals surface area (Å²) in [6.07, 6.45) is 0. The third-order valence-corrected chi connectivity index (χ3v) is 4.08. The molecule has 0 aliphatic carbocycles. The van der Waals surface area contributed by atoms with Gasteiger partial charge in [0.15, 0.2) is 0 Å². The predicted octanol–water partition coefficient (Wildman–Crippen LogP) is 2.51. The third-order valence-electron chi connectivity index (χ3n) is 2.86. The molecule has 2 aromatic carbocycles. The van der Waals surface area contributed by atoms with Gasteiger partial charge in [0.1, 0.15) is 5.75 Å². The summed E-state index contributed by atoms with van der Waals surface area (Å²) in [6.45, 7) is 0. The van der Waals surface area contributed by atoms with Gasteiger partial charge in [-0.15, -0.1) is 0 Å². The molecule has 0 fully saturated rings. The SMILES string of the molecule is COc1ccccc1NS(=O)(=O)Cc1ccccc1C#N. The third kappa shape index (κ3) is 3.74. The maximum Gasteiger partial charge on any atom is 0.237 e. The van der Waals surface area contributed by atoms with Crippen molar-refractivity contribution in [1.29, 1.82) is 5.26 Å². The first kappa shape index (κ1) is 14.9. The zero-order valence-corrected chi connectivity index (χ0v) is 12.2. The van der Waals surface area contributed by atoms with Crippen LogP contribution in [0.25, 0.3) is 0 Å². The Balaban J connectivity index is 2.25. The summed E-state index contributed by atoms with van der Waals surface area (Å²) < 4.78 is 32.0. The zero-order chi connectivity index (χ0) is 15.3. The van der Waals surface area contributed by atoms with E-state index < -0.39 is 10.0 Å². The van der Waals surface area contributed by atoms with E-state index in [2.05, 4.69) is 4.72 Å². The Kier molecular flexibility index (Phi) is 4.45. The molecule has 0 radical (unpaired) electrons. The van der Waals surface area contributed by atoms with Gasteiger partial charge < -0.3 is 4.74 Å². The van der Waals surface area contributed by atoms with E-state index in [4.69, 9.17) is 10.00 Å². The topological polar surface area (TPSA) is 79.2 Å². The Hall–Kier alpha value is -2.52. The van der Waals surface area contributed by atoms with Gasteiger partial charge in [0, 0.05) is 0 Å². The molecule has 0 aliphatic rings. The van der Waals surface area contributed by atoms with Crippen LogP contribution in [0.15, 0.2) is 48.5 Å². The quantitative estimate of drug-likeness (QED) is 0.920. The van der Waals surface area contributed by atoms with Crippen LogP contribution in [0, 0.1) is 11.3 Å². The van der Waals surface area contributed by atoms with Crippen LogP contribution in [0.3, 0.4) is 0 Å². The van der Waals surface area contributed by atoms with Gasteiger partial charge in [-0.3, -0.25) is 4.72 Å². The molecule has 0 heterocycles. The van der Waals surface area contributed by atoms with Gasteiger partial charge in [0.25, 0.3) is 0 Å². The first-order chi connectivity index (χ1) is 10.1. The molecule has 6 heteroatoms. The number of methoxy groups -OCH3 is 1. The van der Waals surface area contributed by atoms with E-state index in [0.717, 1.165) is 0 Å². The molecule has 21 heavy (non-hydrogen) atoms. The van der Waals surface area contributed by atoms with Crippen molar-refractivity contribution in [2.45, 2.75) is 5.75 Å². The largest absolute Gasteiger partial charge is 0.495 e. The number of nitrogens with zero attached hydrogens (tertiary/aromatic N) is 1. The standard InChI is InChI=1S/C15H14N2O3S/c1-20-15-9-5-4-8-14(15)17-21(18,19)11-13-7-3-2-6-12(13)10-16/h2-9,17H,11H2,1H3. The lowest BCUT2D eigenvalue weighted by Crippen LogP contribution is -2.16. The van der Waals surface area contributed by atoms with E-state index in [1.54, 1.807) is 48.5 Å². The highest BCUT2D eigenvalue weighted by molar-refractivity contribution is 7.91. The number of anilines is 1. The van der Waals surface area contributed by atoms with Crippen molar-refractivity contribution in [3.8, 4) is 11.8 Å². The minimum absolute atomic E-state index is 0.269. The Labute approximate surface area is 123 Å². The van der Waals surface area contributed by atoms with Crippen LogP contribution in [-0.2, 0) is 15.8 Å². The average Bonchev–Trinajstić information content (AvgIpc) is 2.47. The Bertz CT molecular complexity index is 780. The molecule has 0 saturated carbocycles. The van der Waals surface area contributed by atoms with Crippen molar-refractivity contribution >= 4 is 15.7 Å². The minimum atomic E-state index is -3.63. The highest BCUT2D eigenvalue weighted by Gasteiger charge is 2.16.